The highest BCUT2D eigenvalue weighted by molar-refractivity contribution is 7.93. The molecule has 2 aromatic rings. The summed E-state index contributed by atoms with van der Waals surface area (Å²) in [7, 11) is -3.16. The second kappa shape index (κ2) is 3.90. The number of rotatable bonds is 3. The zero-order valence-electron chi connectivity index (χ0n) is 8.30. The van der Waals surface area contributed by atoms with Crippen LogP contribution in [0.5, 0.6) is 0 Å². The number of hydrogen-bond acceptors (Lipinski definition) is 4. The number of benzene rings is 1. The molecule has 1 aromatic carbocycles. The lowest BCUT2D eigenvalue weighted by Crippen LogP contribution is -2.04. The van der Waals surface area contributed by atoms with E-state index in [1.54, 1.807) is 0 Å². The van der Waals surface area contributed by atoms with Gasteiger partial charge in [0.15, 0.2) is 0 Å². The number of aromatic nitrogens is 1. The Morgan fingerprint density at radius 2 is 2.07 bits per heavy atom. The highest BCUT2D eigenvalue weighted by atomic mass is 32.2. The number of fused-ring (bicyclic) bond motifs is 1. The van der Waals surface area contributed by atoms with Crippen LogP contribution in [0.3, 0.4) is 0 Å². The van der Waals surface area contributed by atoms with E-state index in [4.69, 9.17) is 0 Å². The largest absolute Gasteiger partial charge is 0.225 e. The Kier molecular flexibility index (Phi) is 2.75. The molecule has 0 saturated carbocycles. The molecule has 1 aromatic heterocycles. The van der Waals surface area contributed by atoms with E-state index in [9.17, 15) is 8.42 Å². The molecule has 0 atom stereocenters. The summed E-state index contributed by atoms with van der Waals surface area (Å²) in [5.74, 6) is 0.173. The van der Waals surface area contributed by atoms with Crippen molar-refractivity contribution in [2.24, 2.45) is 0 Å². The van der Waals surface area contributed by atoms with Gasteiger partial charge in [-0.15, -0.1) is 11.3 Å². The Labute approximate surface area is 92.7 Å². The summed E-state index contributed by atoms with van der Waals surface area (Å²) in [6.45, 7) is 1.85. The van der Waals surface area contributed by atoms with Gasteiger partial charge >= 0.3 is 0 Å². The first-order valence-corrected chi connectivity index (χ1v) is 7.18. The van der Waals surface area contributed by atoms with Crippen LogP contribution in [0.15, 0.2) is 28.6 Å². The van der Waals surface area contributed by atoms with Crippen LogP contribution in [-0.4, -0.2) is 19.2 Å². The molecule has 5 heteroatoms. The molecule has 0 spiro atoms. The van der Waals surface area contributed by atoms with Crippen LogP contribution in [0.25, 0.3) is 10.2 Å². The van der Waals surface area contributed by atoms with Gasteiger partial charge in [0.1, 0.15) is 0 Å². The summed E-state index contributed by atoms with van der Waals surface area (Å²) in [4.78, 5) is 4.13. The summed E-state index contributed by atoms with van der Waals surface area (Å²) in [5, 5.41) is 0. The number of sulfone groups is 1. The fraction of sp³-hybridized carbons (Fsp3) is 0.300. The van der Waals surface area contributed by atoms with Crippen molar-refractivity contribution in [3.05, 3.63) is 24.3 Å². The first-order valence-electron chi connectivity index (χ1n) is 4.72. The monoisotopic (exact) mass is 241 g/mol. The van der Waals surface area contributed by atoms with Crippen LogP contribution in [0, 0.1) is 0 Å². The Balaban J connectivity index is 2.54. The minimum atomic E-state index is -3.16. The fourth-order valence-electron chi connectivity index (χ4n) is 1.34. The number of para-hydroxylation sites is 1. The second-order valence-corrected chi connectivity index (χ2v) is 6.58. The fourth-order valence-corrected chi connectivity index (χ4v) is 4.01. The Morgan fingerprint density at radius 3 is 2.73 bits per heavy atom. The van der Waals surface area contributed by atoms with Gasteiger partial charge in [-0.3, -0.25) is 0 Å². The van der Waals surface area contributed by atoms with E-state index in [1.807, 2.05) is 31.2 Å². The maximum Gasteiger partial charge on any atom is 0.210 e. The molecule has 0 bridgehead atoms. The van der Waals surface area contributed by atoms with E-state index in [2.05, 4.69) is 4.98 Å². The third-order valence-corrected chi connectivity index (χ3v) is 5.43. The van der Waals surface area contributed by atoms with Crippen molar-refractivity contribution in [1.29, 1.82) is 0 Å². The third kappa shape index (κ3) is 2.03. The van der Waals surface area contributed by atoms with Gasteiger partial charge in [-0.1, -0.05) is 19.1 Å². The van der Waals surface area contributed by atoms with Gasteiger partial charge < -0.3 is 0 Å². The third-order valence-electron chi connectivity index (χ3n) is 2.01. The molecular weight excluding hydrogens is 230 g/mol. The molecule has 0 radical (unpaired) electrons. The molecule has 2 rings (SSSR count). The average Bonchev–Trinajstić information content (AvgIpc) is 2.61. The van der Waals surface area contributed by atoms with Gasteiger partial charge in [-0.05, 0) is 18.6 Å². The average molecular weight is 241 g/mol. The zero-order valence-corrected chi connectivity index (χ0v) is 9.94. The van der Waals surface area contributed by atoms with Crippen LogP contribution in [0.1, 0.15) is 13.3 Å². The zero-order chi connectivity index (χ0) is 10.9. The summed E-state index contributed by atoms with van der Waals surface area (Å²) >= 11 is 1.25. The molecule has 0 unspecified atom stereocenters. The first kappa shape index (κ1) is 10.6. The van der Waals surface area contributed by atoms with Crippen molar-refractivity contribution in [1.82, 2.24) is 4.98 Å². The van der Waals surface area contributed by atoms with Gasteiger partial charge in [-0.2, -0.15) is 0 Å². The van der Waals surface area contributed by atoms with Crippen LogP contribution in [-0.2, 0) is 9.84 Å². The van der Waals surface area contributed by atoms with Crippen molar-refractivity contribution >= 4 is 31.4 Å². The minimum absolute atomic E-state index is 0.173. The standard InChI is InChI=1S/C10H11NO2S2/c1-2-7-15(12,13)10-11-8-5-3-4-6-9(8)14-10/h3-6H,2,7H2,1H3. The summed E-state index contributed by atoms with van der Waals surface area (Å²) < 4.78 is 24.7. The summed E-state index contributed by atoms with van der Waals surface area (Å²) in [6.07, 6.45) is 0.623. The van der Waals surface area contributed by atoms with Gasteiger partial charge in [0.25, 0.3) is 0 Å². The highest BCUT2D eigenvalue weighted by Crippen LogP contribution is 2.25. The van der Waals surface area contributed by atoms with E-state index in [1.165, 1.54) is 11.3 Å². The van der Waals surface area contributed by atoms with E-state index < -0.39 is 9.84 Å². The Bertz CT molecular complexity index is 539. The minimum Gasteiger partial charge on any atom is -0.225 e. The lowest BCUT2D eigenvalue weighted by atomic mass is 10.3. The molecule has 1 heterocycles. The van der Waals surface area contributed by atoms with E-state index in [0.29, 0.717) is 6.42 Å². The molecular formula is C10H11NO2S2. The molecule has 0 amide bonds. The predicted octanol–water partition coefficient (Wildman–Crippen LogP) is 2.48. The van der Waals surface area contributed by atoms with Gasteiger partial charge in [-0.25, -0.2) is 13.4 Å². The van der Waals surface area contributed by atoms with Crippen LogP contribution in [0.2, 0.25) is 0 Å². The van der Waals surface area contributed by atoms with E-state index in [-0.39, 0.29) is 10.1 Å². The van der Waals surface area contributed by atoms with Gasteiger partial charge in [0.2, 0.25) is 14.2 Å². The molecule has 0 N–H and O–H groups in total. The number of hydrogen-bond donors (Lipinski definition) is 0. The molecule has 80 valence electrons. The van der Waals surface area contributed by atoms with Crippen molar-refractivity contribution in [2.75, 3.05) is 5.75 Å². The Hall–Kier alpha value is -0.940. The highest BCUT2D eigenvalue weighted by Gasteiger charge is 2.17. The molecule has 3 nitrogen and oxygen atoms in total. The van der Waals surface area contributed by atoms with Crippen LogP contribution in [0.4, 0.5) is 0 Å². The first-order chi connectivity index (χ1) is 7.13. The topological polar surface area (TPSA) is 47.0 Å². The van der Waals surface area contributed by atoms with Crippen LogP contribution >= 0.6 is 11.3 Å². The van der Waals surface area contributed by atoms with Crippen molar-refractivity contribution in [3.8, 4) is 0 Å². The number of nitrogens with zero attached hydrogens (tertiary/aromatic N) is 1. The maximum absolute atomic E-state index is 11.7. The maximum atomic E-state index is 11.7. The molecule has 0 saturated heterocycles. The van der Waals surface area contributed by atoms with Gasteiger partial charge in [0, 0.05) is 0 Å². The van der Waals surface area contributed by atoms with Crippen molar-refractivity contribution < 1.29 is 8.42 Å². The smallest absolute Gasteiger partial charge is 0.210 e. The lowest BCUT2D eigenvalue weighted by molar-refractivity contribution is 0.594. The quantitative estimate of drug-likeness (QED) is 0.829. The normalized spacial score (nSPS) is 12.1. The molecule has 0 aliphatic carbocycles. The molecule has 15 heavy (non-hydrogen) atoms. The predicted molar refractivity (Wildman–Crippen MR) is 62.0 cm³/mol. The van der Waals surface area contributed by atoms with Crippen molar-refractivity contribution in [3.63, 3.8) is 0 Å². The SMILES string of the molecule is CCCS(=O)(=O)c1nc2ccccc2s1. The van der Waals surface area contributed by atoms with Crippen LogP contribution < -0.4 is 0 Å². The summed E-state index contributed by atoms with van der Waals surface area (Å²) in [6, 6.07) is 7.46. The van der Waals surface area contributed by atoms with Gasteiger partial charge in [0.05, 0.1) is 16.0 Å². The summed E-state index contributed by atoms with van der Waals surface area (Å²) in [5.41, 5.74) is 0.761. The van der Waals surface area contributed by atoms with Crippen molar-refractivity contribution in [2.45, 2.75) is 17.7 Å². The number of thiazole rings is 1. The Morgan fingerprint density at radius 1 is 1.33 bits per heavy atom. The van der Waals surface area contributed by atoms with E-state index >= 15 is 0 Å². The molecule has 0 aliphatic rings. The lowest BCUT2D eigenvalue weighted by Gasteiger charge is -1.95. The molecule has 0 aliphatic heterocycles. The van der Waals surface area contributed by atoms with E-state index in [0.717, 1.165) is 10.2 Å². The second-order valence-electron chi connectivity index (χ2n) is 3.27. The molecule has 0 fully saturated rings.